The molecule has 0 radical (unpaired) electrons. The molecule has 0 aromatic heterocycles. The highest BCUT2D eigenvalue weighted by molar-refractivity contribution is 5.56. The van der Waals surface area contributed by atoms with Gasteiger partial charge >= 0.3 is 0 Å². The largest absolute Gasteiger partial charge is 0.398 e. The van der Waals surface area contributed by atoms with Gasteiger partial charge in [0.15, 0.2) is 0 Å². The van der Waals surface area contributed by atoms with Crippen molar-refractivity contribution in [2.24, 2.45) is 0 Å². The van der Waals surface area contributed by atoms with E-state index in [1.165, 1.54) is 22.3 Å². The standard InChI is InChI=1S/C14H21N/c1-5-12-8-11(7-10(3)4)9-13(6-2)14(12)15/h8-9H,3,5-7,15H2,1-2,4H3. The van der Waals surface area contributed by atoms with E-state index in [9.17, 15) is 0 Å². The molecule has 0 unspecified atom stereocenters. The summed E-state index contributed by atoms with van der Waals surface area (Å²) in [7, 11) is 0. The second kappa shape index (κ2) is 5.01. The molecule has 1 heteroatoms. The normalized spacial score (nSPS) is 10.3. The van der Waals surface area contributed by atoms with E-state index in [0.717, 1.165) is 24.9 Å². The molecule has 0 saturated heterocycles. The Bertz CT molecular complexity index is 339. The van der Waals surface area contributed by atoms with Gasteiger partial charge in [-0.15, -0.1) is 0 Å². The second-order valence-corrected chi connectivity index (χ2v) is 4.17. The first-order chi connectivity index (χ1) is 7.08. The summed E-state index contributed by atoms with van der Waals surface area (Å²) < 4.78 is 0. The van der Waals surface area contributed by atoms with Gasteiger partial charge in [0.05, 0.1) is 0 Å². The van der Waals surface area contributed by atoms with Gasteiger partial charge in [0.2, 0.25) is 0 Å². The summed E-state index contributed by atoms with van der Waals surface area (Å²) in [5, 5.41) is 0. The lowest BCUT2D eigenvalue weighted by Crippen LogP contribution is -2.01. The van der Waals surface area contributed by atoms with Crippen LogP contribution in [0.2, 0.25) is 0 Å². The molecule has 2 N–H and O–H groups in total. The molecule has 1 aromatic rings. The highest BCUT2D eigenvalue weighted by Crippen LogP contribution is 2.22. The first-order valence-corrected chi connectivity index (χ1v) is 5.63. The SMILES string of the molecule is C=C(C)Cc1cc(CC)c(N)c(CC)c1. The lowest BCUT2D eigenvalue weighted by molar-refractivity contribution is 1.06. The zero-order valence-electron chi connectivity index (χ0n) is 10.1. The number of hydrogen-bond acceptors (Lipinski definition) is 1. The Kier molecular flexibility index (Phi) is 3.96. The smallest absolute Gasteiger partial charge is 0.0379 e. The van der Waals surface area contributed by atoms with Crippen molar-refractivity contribution in [1.29, 1.82) is 0 Å². The van der Waals surface area contributed by atoms with Crippen LogP contribution in [0.3, 0.4) is 0 Å². The summed E-state index contributed by atoms with van der Waals surface area (Å²) in [6.07, 6.45) is 2.96. The van der Waals surface area contributed by atoms with Crippen molar-refractivity contribution < 1.29 is 0 Å². The molecule has 0 spiro atoms. The molecule has 0 saturated carbocycles. The Labute approximate surface area is 93.0 Å². The van der Waals surface area contributed by atoms with E-state index in [-0.39, 0.29) is 0 Å². The maximum Gasteiger partial charge on any atom is 0.0379 e. The van der Waals surface area contributed by atoms with Crippen LogP contribution in [0.15, 0.2) is 24.3 Å². The van der Waals surface area contributed by atoms with Crippen LogP contribution in [0.25, 0.3) is 0 Å². The minimum absolute atomic E-state index is 0.959. The van der Waals surface area contributed by atoms with Gasteiger partial charge in [0.1, 0.15) is 0 Å². The molecular formula is C14H21N. The first kappa shape index (κ1) is 11.8. The van der Waals surface area contributed by atoms with Gasteiger partial charge in [-0.05, 0) is 42.9 Å². The predicted molar refractivity (Wildman–Crippen MR) is 68.1 cm³/mol. The topological polar surface area (TPSA) is 26.0 Å². The van der Waals surface area contributed by atoms with Gasteiger partial charge in [-0.25, -0.2) is 0 Å². The van der Waals surface area contributed by atoms with E-state index >= 15 is 0 Å². The molecule has 0 amide bonds. The van der Waals surface area contributed by atoms with Crippen LogP contribution in [-0.2, 0) is 19.3 Å². The molecule has 1 rings (SSSR count). The average Bonchev–Trinajstić information content (AvgIpc) is 2.19. The zero-order chi connectivity index (χ0) is 11.4. The Morgan fingerprint density at radius 2 is 1.67 bits per heavy atom. The molecular weight excluding hydrogens is 182 g/mol. The maximum absolute atomic E-state index is 6.08. The molecule has 0 aliphatic heterocycles. The monoisotopic (exact) mass is 203 g/mol. The number of aryl methyl sites for hydroxylation is 2. The minimum atomic E-state index is 0.959. The fourth-order valence-electron chi connectivity index (χ4n) is 1.89. The van der Waals surface area contributed by atoms with Crippen molar-refractivity contribution in [3.05, 3.63) is 41.0 Å². The third kappa shape index (κ3) is 2.85. The van der Waals surface area contributed by atoms with Gasteiger partial charge in [0, 0.05) is 5.69 Å². The van der Waals surface area contributed by atoms with Gasteiger partial charge in [-0.3, -0.25) is 0 Å². The molecule has 0 bridgehead atoms. The highest BCUT2D eigenvalue weighted by Gasteiger charge is 2.05. The van der Waals surface area contributed by atoms with Crippen LogP contribution in [0, 0.1) is 0 Å². The van der Waals surface area contributed by atoms with E-state index in [1.54, 1.807) is 0 Å². The van der Waals surface area contributed by atoms with Crippen LogP contribution in [0.5, 0.6) is 0 Å². The summed E-state index contributed by atoms with van der Waals surface area (Å²) in [5.74, 6) is 0. The third-order valence-electron chi connectivity index (χ3n) is 2.68. The number of benzene rings is 1. The van der Waals surface area contributed by atoms with Crippen LogP contribution in [0.4, 0.5) is 5.69 Å². The van der Waals surface area contributed by atoms with E-state index < -0.39 is 0 Å². The molecule has 0 heterocycles. The molecule has 0 aliphatic rings. The third-order valence-corrected chi connectivity index (χ3v) is 2.68. The minimum Gasteiger partial charge on any atom is -0.398 e. The molecule has 0 aliphatic carbocycles. The van der Waals surface area contributed by atoms with Crippen molar-refractivity contribution in [1.82, 2.24) is 0 Å². The van der Waals surface area contributed by atoms with Gasteiger partial charge in [0.25, 0.3) is 0 Å². The van der Waals surface area contributed by atoms with Crippen LogP contribution < -0.4 is 5.73 Å². The number of nitrogen functional groups attached to an aromatic ring is 1. The zero-order valence-corrected chi connectivity index (χ0v) is 10.1. The molecule has 1 nitrogen and oxygen atoms in total. The Hall–Kier alpha value is -1.24. The fourth-order valence-corrected chi connectivity index (χ4v) is 1.89. The quantitative estimate of drug-likeness (QED) is 0.588. The van der Waals surface area contributed by atoms with Gasteiger partial charge < -0.3 is 5.73 Å². The number of nitrogens with two attached hydrogens (primary N) is 1. The van der Waals surface area contributed by atoms with E-state index in [2.05, 4.69) is 39.5 Å². The number of anilines is 1. The maximum atomic E-state index is 6.08. The summed E-state index contributed by atoms with van der Waals surface area (Å²) in [6.45, 7) is 10.3. The summed E-state index contributed by atoms with van der Waals surface area (Å²) >= 11 is 0. The molecule has 0 atom stereocenters. The Balaban J connectivity index is 3.14. The van der Waals surface area contributed by atoms with E-state index in [1.807, 2.05) is 0 Å². The Morgan fingerprint density at radius 3 is 2.00 bits per heavy atom. The van der Waals surface area contributed by atoms with Crippen molar-refractivity contribution >= 4 is 5.69 Å². The highest BCUT2D eigenvalue weighted by atomic mass is 14.6. The number of rotatable bonds is 4. The number of allylic oxidation sites excluding steroid dienone is 1. The van der Waals surface area contributed by atoms with E-state index in [0.29, 0.717) is 0 Å². The van der Waals surface area contributed by atoms with Crippen molar-refractivity contribution in [3.63, 3.8) is 0 Å². The second-order valence-electron chi connectivity index (χ2n) is 4.17. The summed E-state index contributed by atoms with van der Waals surface area (Å²) in [5.41, 5.74) is 12.1. The van der Waals surface area contributed by atoms with Crippen LogP contribution in [0.1, 0.15) is 37.5 Å². The lowest BCUT2D eigenvalue weighted by Gasteiger charge is -2.12. The van der Waals surface area contributed by atoms with Crippen molar-refractivity contribution in [2.75, 3.05) is 5.73 Å². The molecule has 0 fully saturated rings. The molecule has 1 aromatic carbocycles. The van der Waals surface area contributed by atoms with Gasteiger partial charge in [-0.2, -0.15) is 0 Å². The predicted octanol–water partition coefficient (Wildman–Crippen LogP) is 3.51. The van der Waals surface area contributed by atoms with Crippen LogP contribution in [-0.4, -0.2) is 0 Å². The summed E-state index contributed by atoms with van der Waals surface area (Å²) in [6, 6.07) is 4.42. The molecule has 82 valence electrons. The summed E-state index contributed by atoms with van der Waals surface area (Å²) in [4.78, 5) is 0. The lowest BCUT2D eigenvalue weighted by atomic mass is 9.96. The van der Waals surface area contributed by atoms with Crippen molar-refractivity contribution in [2.45, 2.75) is 40.0 Å². The number of hydrogen-bond donors (Lipinski definition) is 1. The van der Waals surface area contributed by atoms with Crippen molar-refractivity contribution in [3.8, 4) is 0 Å². The average molecular weight is 203 g/mol. The van der Waals surface area contributed by atoms with Gasteiger partial charge in [-0.1, -0.05) is 38.1 Å². The fraction of sp³-hybridized carbons (Fsp3) is 0.429. The molecule has 15 heavy (non-hydrogen) atoms. The van der Waals surface area contributed by atoms with E-state index in [4.69, 9.17) is 5.73 Å². The first-order valence-electron chi connectivity index (χ1n) is 5.63. The Morgan fingerprint density at radius 1 is 1.20 bits per heavy atom. The van der Waals surface area contributed by atoms with Crippen LogP contribution >= 0.6 is 0 Å².